The summed E-state index contributed by atoms with van der Waals surface area (Å²) in [7, 11) is 0. The van der Waals surface area contributed by atoms with Gasteiger partial charge in [0.05, 0.1) is 159 Å². The predicted octanol–water partition coefficient (Wildman–Crippen LogP) is -1.17. The minimum absolute atomic E-state index is 0.0542. The summed E-state index contributed by atoms with van der Waals surface area (Å²) in [5, 5.41) is 26.9. The number of hydrazone groups is 1. The molecule has 0 radical (unpaired) electrons. The molecule has 0 aliphatic carbocycles. The Labute approximate surface area is 365 Å². The minimum Gasteiger partial charge on any atom is -0.480 e. The molecule has 0 aromatic carbocycles. The van der Waals surface area contributed by atoms with Gasteiger partial charge in [-0.25, -0.2) is 9.59 Å². The molecule has 7 N–H and O–H groups in total. The molecule has 0 rings (SSSR count). The van der Waals surface area contributed by atoms with Gasteiger partial charge < -0.3 is 83.4 Å². The van der Waals surface area contributed by atoms with Crippen molar-refractivity contribution in [1.29, 1.82) is 0 Å². The van der Waals surface area contributed by atoms with E-state index >= 15 is 0 Å². The Morgan fingerprint density at radius 1 is 0.452 bits per heavy atom. The lowest BCUT2D eigenvalue weighted by atomic mass is 10.1. The van der Waals surface area contributed by atoms with Gasteiger partial charge in [-0.05, 0) is 25.7 Å². The fraction of sp³-hybridized carbons (Fsp3) is 0.872. The number of ether oxygens (including phenoxy) is 12. The topological polar surface area (TPSA) is 294 Å². The lowest BCUT2D eigenvalue weighted by Gasteiger charge is -2.15. The van der Waals surface area contributed by atoms with Crippen molar-refractivity contribution >= 4 is 30.5 Å². The first-order chi connectivity index (χ1) is 30.3. The van der Waals surface area contributed by atoms with Crippen LogP contribution in [0.3, 0.4) is 0 Å². The van der Waals surface area contributed by atoms with Crippen LogP contribution < -0.4 is 21.8 Å². The maximum Gasteiger partial charge on any atom is 0.327 e. The summed E-state index contributed by atoms with van der Waals surface area (Å²) < 4.78 is 65.0. The Kier molecular flexibility index (Phi) is 44.9. The maximum atomic E-state index is 12.2. The maximum absolute atomic E-state index is 12.2. The third-order valence-corrected chi connectivity index (χ3v) is 7.91. The molecule has 23 heteroatoms. The van der Waals surface area contributed by atoms with Crippen LogP contribution >= 0.6 is 0 Å². The minimum atomic E-state index is -1.25. The van der Waals surface area contributed by atoms with Gasteiger partial charge in [0.15, 0.2) is 0 Å². The lowest BCUT2D eigenvalue weighted by molar-refractivity contribution is -0.142. The van der Waals surface area contributed by atoms with E-state index in [4.69, 9.17) is 67.7 Å². The van der Waals surface area contributed by atoms with Gasteiger partial charge in [0.1, 0.15) is 12.1 Å². The van der Waals surface area contributed by atoms with E-state index in [1.807, 2.05) is 0 Å². The standard InChI is InChI=1S/C39H75N5O18/c1-41-44-35(39(49)50)4-2-3-9-42-36(45)6-5-34(38(47)48)43-37(46)7-10-51-12-14-53-16-18-55-20-22-57-24-26-59-28-30-61-32-33-62-31-29-60-27-25-58-23-21-56-19-17-54-15-13-52-11-8-40/h34-35,44H,1-33,40H2,(H,42,45)(H,43,46)(H,47,48)(H,49,50)/t34-,35-/m0/s1. The second kappa shape index (κ2) is 47.3. The number of carboxylic acids is 2. The molecule has 2 atom stereocenters. The van der Waals surface area contributed by atoms with E-state index in [0.29, 0.717) is 178 Å². The number of carbonyl (C=O) groups excluding carboxylic acids is 2. The molecule has 0 aromatic rings. The van der Waals surface area contributed by atoms with E-state index in [-0.39, 0.29) is 38.4 Å². The number of amides is 2. The fourth-order valence-electron chi connectivity index (χ4n) is 4.71. The van der Waals surface area contributed by atoms with E-state index in [0.717, 1.165) is 0 Å². The van der Waals surface area contributed by atoms with Gasteiger partial charge in [-0.1, -0.05) is 0 Å². The molecule has 0 aliphatic rings. The Bertz CT molecular complexity index is 1070. The smallest absolute Gasteiger partial charge is 0.327 e. The molecule has 0 spiro atoms. The number of hydrogen-bond donors (Lipinski definition) is 6. The summed E-state index contributed by atoms with van der Waals surface area (Å²) in [6.07, 6.45) is 1.11. The van der Waals surface area contributed by atoms with Crippen LogP contribution in [0.5, 0.6) is 0 Å². The van der Waals surface area contributed by atoms with E-state index < -0.39 is 29.9 Å². The van der Waals surface area contributed by atoms with Crippen LogP contribution in [-0.4, -0.2) is 224 Å². The molecule has 0 bridgehead atoms. The van der Waals surface area contributed by atoms with Gasteiger partial charge in [0, 0.05) is 32.6 Å². The number of nitrogens with zero attached hydrogens (tertiary/aromatic N) is 1. The first kappa shape index (κ1) is 58.8. The normalized spacial score (nSPS) is 12.2. The van der Waals surface area contributed by atoms with E-state index in [1.54, 1.807) is 0 Å². The highest BCUT2D eigenvalue weighted by Crippen LogP contribution is 2.03. The van der Waals surface area contributed by atoms with Crippen LogP contribution in [0.15, 0.2) is 5.10 Å². The largest absolute Gasteiger partial charge is 0.480 e. The third kappa shape index (κ3) is 43.5. The van der Waals surface area contributed by atoms with E-state index in [2.05, 4.69) is 27.9 Å². The van der Waals surface area contributed by atoms with Crippen molar-refractivity contribution in [2.45, 2.75) is 50.6 Å². The molecule has 0 saturated carbocycles. The van der Waals surface area contributed by atoms with Gasteiger partial charge in [0.25, 0.3) is 0 Å². The summed E-state index contributed by atoms with van der Waals surface area (Å²) in [5.74, 6) is -3.18. The van der Waals surface area contributed by atoms with Crippen LogP contribution in [0.4, 0.5) is 0 Å². The van der Waals surface area contributed by atoms with Crippen molar-refractivity contribution in [3.05, 3.63) is 0 Å². The summed E-state index contributed by atoms with van der Waals surface area (Å²) in [6.45, 7) is 14.4. The van der Waals surface area contributed by atoms with Crippen molar-refractivity contribution in [1.82, 2.24) is 16.1 Å². The highest BCUT2D eigenvalue weighted by Gasteiger charge is 2.21. The Hall–Kier alpha value is -3.17. The van der Waals surface area contributed by atoms with Crippen LogP contribution in [0.2, 0.25) is 0 Å². The first-order valence-corrected chi connectivity index (χ1v) is 21.2. The van der Waals surface area contributed by atoms with Crippen LogP contribution in [0.1, 0.15) is 38.5 Å². The first-order valence-electron chi connectivity index (χ1n) is 21.2. The van der Waals surface area contributed by atoms with Gasteiger partial charge in [-0.2, -0.15) is 5.10 Å². The number of hydrogen-bond acceptors (Lipinski definition) is 19. The SMILES string of the molecule is C=NN[C@@H](CCCCNC(=O)CC[C@H](NC(=O)CCOCCOCCOCCOCCOCCOCCOCCOCCOCCOCCOCCOCCN)C(=O)O)C(=O)O. The molecular weight excluding hydrogens is 826 g/mol. The molecule has 0 unspecified atom stereocenters. The Morgan fingerprint density at radius 3 is 1.11 bits per heavy atom. The number of rotatable bonds is 51. The van der Waals surface area contributed by atoms with Crippen molar-refractivity contribution in [3.63, 3.8) is 0 Å². The summed E-state index contributed by atoms with van der Waals surface area (Å²) in [5.41, 5.74) is 7.73. The van der Waals surface area contributed by atoms with E-state index in [1.165, 1.54) is 0 Å². The number of nitrogens with two attached hydrogens (primary N) is 1. The molecule has 23 nitrogen and oxygen atoms in total. The van der Waals surface area contributed by atoms with Gasteiger partial charge in [0.2, 0.25) is 11.8 Å². The van der Waals surface area contributed by atoms with E-state index in [9.17, 15) is 24.3 Å². The molecule has 0 heterocycles. The number of nitrogens with one attached hydrogen (secondary N) is 3. The number of aliphatic carboxylic acids is 2. The summed E-state index contributed by atoms with van der Waals surface area (Å²) in [4.78, 5) is 46.9. The average Bonchev–Trinajstić information content (AvgIpc) is 3.25. The summed E-state index contributed by atoms with van der Waals surface area (Å²) >= 11 is 0. The van der Waals surface area contributed by atoms with Crippen molar-refractivity contribution in [2.75, 3.05) is 172 Å². The zero-order chi connectivity index (χ0) is 45.4. The number of unbranched alkanes of at least 4 members (excludes halogenated alkanes) is 1. The number of carboxylic acid groups (broad SMARTS) is 2. The van der Waals surface area contributed by atoms with Crippen LogP contribution in [-0.2, 0) is 76.0 Å². The highest BCUT2D eigenvalue weighted by molar-refractivity contribution is 5.84. The second-order valence-electron chi connectivity index (χ2n) is 12.9. The molecule has 2 amide bonds. The third-order valence-electron chi connectivity index (χ3n) is 7.91. The lowest BCUT2D eigenvalue weighted by Crippen LogP contribution is -2.42. The van der Waals surface area contributed by atoms with Crippen LogP contribution in [0.25, 0.3) is 0 Å². The van der Waals surface area contributed by atoms with Crippen molar-refractivity contribution < 1.29 is 86.2 Å². The molecule has 0 fully saturated rings. The van der Waals surface area contributed by atoms with Crippen LogP contribution in [0, 0.1) is 0 Å². The average molecular weight is 902 g/mol. The zero-order valence-electron chi connectivity index (χ0n) is 36.4. The molecular formula is C39H75N5O18. The molecule has 0 aliphatic heterocycles. The molecule has 62 heavy (non-hydrogen) atoms. The van der Waals surface area contributed by atoms with Crippen molar-refractivity contribution in [2.24, 2.45) is 10.8 Å². The van der Waals surface area contributed by atoms with Crippen molar-refractivity contribution in [3.8, 4) is 0 Å². The number of carbonyl (C=O) groups is 4. The molecule has 0 saturated heterocycles. The predicted molar refractivity (Wildman–Crippen MR) is 223 cm³/mol. The molecule has 0 aromatic heterocycles. The van der Waals surface area contributed by atoms with Gasteiger partial charge in [-0.3, -0.25) is 15.0 Å². The molecule has 364 valence electrons. The second-order valence-corrected chi connectivity index (χ2v) is 12.9. The fourth-order valence-corrected chi connectivity index (χ4v) is 4.71. The Morgan fingerprint density at radius 2 is 0.790 bits per heavy atom. The highest BCUT2D eigenvalue weighted by atomic mass is 16.6. The Balaban J connectivity index is 3.42. The van der Waals surface area contributed by atoms with Gasteiger partial charge >= 0.3 is 11.9 Å². The monoisotopic (exact) mass is 902 g/mol. The van der Waals surface area contributed by atoms with Gasteiger partial charge in [-0.15, -0.1) is 0 Å². The zero-order valence-corrected chi connectivity index (χ0v) is 36.4. The summed E-state index contributed by atoms with van der Waals surface area (Å²) in [6, 6.07) is -2.08. The quantitative estimate of drug-likeness (QED) is 0.0238.